The molecule has 1 heterocycles. The first kappa shape index (κ1) is 20.1. The Bertz CT molecular complexity index is 918. The van der Waals surface area contributed by atoms with Gasteiger partial charge in [0.05, 0.1) is 0 Å². The molecule has 0 spiro atoms. The molecule has 1 aromatic heterocycles. The quantitative estimate of drug-likeness (QED) is 0.175. The second-order valence-electron chi connectivity index (χ2n) is 6.75. The number of benzene rings is 2. The SMILES string of the molecule is C/C=C/C(=O)Oc1ccc(-c2ccc(-c3ccc(CCCCC)s3)cc2)cc1. The molecule has 0 amide bonds. The average Bonchev–Trinajstić information content (AvgIpc) is 3.18. The zero-order valence-corrected chi connectivity index (χ0v) is 17.3. The maximum atomic E-state index is 11.5. The highest BCUT2D eigenvalue weighted by Crippen LogP contribution is 2.31. The van der Waals surface area contributed by atoms with Crippen LogP contribution in [0.15, 0.2) is 72.8 Å². The van der Waals surface area contributed by atoms with Gasteiger partial charge in [0, 0.05) is 15.8 Å². The summed E-state index contributed by atoms with van der Waals surface area (Å²) in [5.74, 6) is 0.197. The van der Waals surface area contributed by atoms with Crippen LogP contribution in [-0.2, 0) is 11.2 Å². The van der Waals surface area contributed by atoms with Gasteiger partial charge in [0.2, 0.25) is 0 Å². The van der Waals surface area contributed by atoms with Crippen LogP contribution < -0.4 is 4.74 Å². The topological polar surface area (TPSA) is 26.3 Å². The van der Waals surface area contributed by atoms with Gasteiger partial charge in [0.25, 0.3) is 0 Å². The van der Waals surface area contributed by atoms with Gasteiger partial charge in [-0.05, 0) is 60.7 Å². The fourth-order valence-electron chi connectivity index (χ4n) is 3.05. The minimum Gasteiger partial charge on any atom is -0.423 e. The highest BCUT2D eigenvalue weighted by molar-refractivity contribution is 7.15. The molecule has 0 N–H and O–H groups in total. The molecule has 28 heavy (non-hydrogen) atoms. The zero-order valence-electron chi connectivity index (χ0n) is 16.5. The molecule has 0 fully saturated rings. The van der Waals surface area contributed by atoms with Crippen molar-refractivity contribution in [2.24, 2.45) is 0 Å². The van der Waals surface area contributed by atoms with Crippen molar-refractivity contribution in [3.8, 4) is 27.3 Å². The van der Waals surface area contributed by atoms with Gasteiger partial charge in [-0.2, -0.15) is 0 Å². The number of esters is 1. The lowest BCUT2D eigenvalue weighted by atomic mass is 10.0. The summed E-state index contributed by atoms with van der Waals surface area (Å²) in [4.78, 5) is 14.3. The smallest absolute Gasteiger partial charge is 0.335 e. The Morgan fingerprint density at radius 2 is 1.54 bits per heavy atom. The standard InChI is InChI=1S/C25H26O2S/c1-3-5-6-8-23-17-18-24(28-23)21-11-9-19(10-12-21)20-13-15-22(16-14-20)27-25(26)7-4-2/h4,7,9-18H,3,5-6,8H2,1-2H3/b7-4+. The fraction of sp³-hybridized carbons (Fsp3) is 0.240. The van der Waals surface area contributed by atoms with Crippen molar-refractivity contribution in [3.63, 3.8) is 0 Å². The molecule has 0 aliphatic rings. The molecule has 3 heteroatoms. The second-order valence-corrected chi connectivity index (χ2v) is 7.91. The minimum absolute atomic E-state index is 0.357. The van der Waals surface area contributed by atoms with Crippen molar-refractivity contribution >= 4 is 17.3 Å². The van der Waals surface area contributed by atoms with Crippen LogP contribution in [0.1, 0.15) is 38.0 Å². The van der Waals surface area contributed by atoms with E-state index in [1.807, 2.05) is 35.6 Å². The molecule has 2 nitrogen and oxygen atoms in total. The second kappa shape index (κ2) is 10.0. The largest absolute Gasteiger partial charge is 0.423 e. The van der Waals surface area contributed by atoms with Crippen molar-refractivity contribution in [1.29, 1.82) is 0 Å². The number of ether oxygens (including phenoxy) is 1. The van der Waals surface area contributed by atoms with Crippen LogP contribution in [0.4, 0.5) is 0 Å². The molecule has 0 aliphatic carbocycles. The molecule has 0 radical (unpaired) electrons. The highest BCUT2D eigenvalue weighted by atomic mass is 32.1. The van der Waals surface area contributed by atoms with E-state index in [4.69, 9.17) is 4.74 Å². The number of aryl methyl sites for hydroxylation is 1. The van der Waals surface area contributed by atoms with Gasteiger partial charge in [-0.3, -0.25) is 0 Å². The number of carbonyl (C=O) groups is 1. The zero-order chi connectivity index (χ0) is 19.8. The summed E-state index contributed by atoms with van der Waals surface area (Å²) >= 11 is 1.90. The third-order valence-electron chi connectivity index (χ3n) is 4.57. The number of rotatable bonds is 8. The number of unbranched alkanes of at least 4 members (excludes halogenated alkanes) is 2. The molecule has 2 aromatic carbocycles. The summed E-state index contributed by atoms with van der Waals surface area (Å²) in [7, 11) is 0. The summed E-state index contributed by atoms with van der Waals surface area (Å²) in [6.45, 7) is 4.03. The Balaban J connectivity index is 1.66. The molecule has 0 saturated heterocycles. The first-order valence-corrected chi connectivity index (χ1v) is 10.7. The normalized spacial score (nSPS) is 11.1. The van der Waals surface area contributed by atoms with E-state index in [2.05, 4.69) is 43.3 Å². The third-order valence-corrected chi connectivity index (χ3v) is 5.76. The number of allylic oxidation sites excluding steroid dienone is 1. The van der Waals surface area contributed by atoms with Gasteiger partial charge in [-0.15, -0.1) is 11.3 Å². The van der Waals surface area contributed by atoms with Crippen molar-refractivity contribution in [2.75, 3.05) is 0 Å². The molecule has 0 atom stereocenters. The van der Waals surface area contributed by atoms with Crippen LogP contribution >= 0.6 is 11.3 Å². The van der Waals surface area contributed by atoms with E-state index in [0.717, 1.165) is 11.1 Å². The molecule has 0 unspecified atom stereocenters. The molecular weight excluding hydrogens is 364 g/mol. The van der Waals surface area contributed by atoms with Gasteiger partial charge in [-0.25, -0.2) is 4.79 Å². The van der Waals surface area contributed by atoms with Crippen LogP contribution in [-0.4, -0.2) is 5.97 Å². The molecule has 3 aromatic rings. The van der Waals surface area contributed by atoms with E-state index in [0.29, 0.717) is 5.75 Å². The highest BCUT2D eigenvalue weighted by Gasteiger charge is 2.05. The fourth-order valence-corrected chi connectivity index (χ4v) is 4.10. The summed E-state index contributed by atoms with van der Waals surface area (Å²) < 4.78 is 5.24. The van der Waals surface area contributed by atoms with E-state index in [1.54, 1.807) is 13.0 Å². The molecule has 144 valence electrons. The number of hydrogen-bond acceptors (Lipinski definition) is 3. The monoisotopic (exact) mass is 390 g/mol. The van der Waals surface area contributed by atoms with Crippen molar-refractivity contribution < 1.29 is 9.53 Å². The predicted molar refractivity (Wildman–Crippen MR) is 119 cm³/mol. The van der Waals surface area contributed by atoms with Crippen LogP contribution in [0, 0.1) is 0 Å². The lowest BCUT2D eigenvalue weighted by Crippen LogP contribution is -2.03. The summed E-state index contributed by atoms with van der Waals surface area (Å²) in [6, 6.07) is 20.7. The van der Waals surface area contributed by atoms with E-state index in [1.165, 1.54) is 47.1 Å². The van der Waals surface area contributed by atoms with Crippen LogP contribution in [0.5, 0.6) is 5.75 Å². The summed E-state index contributed by atoms with van der Waals surface area (Å²) in [5, 5.41) is 0. The molecule has 3 rings (SSSR count). The molecular formula is C25H26O2S. The van der Waals surface area contributed by atoms with Crippen LogP contribution in [0.3, 0.4) is 0 Å². The molecule has 0 aliphatic heterocycles. The molecule has 0 saturated carbocycles. The van der Waals surface area contributed by atoms with Gasteiger partial charge >= 0.3 is 5.97 Å². The van der Waals surface area contributed by atoms with Gasteiger partial charge in [0.15, 0.2) is 0 Å². The summed E-state index contributed by atoms with van der Waals surface area (Å²) in [5.41, 5.74) is 3.51. The van der Waals surface area contributed by atoms with Crippen LogP contribution in [0.2, 0.25) is 0 Å². The van der Waals surface area contributed by atoms with Gasteiger partial charge < -0.3 is 4.74 Å². The number of carbonyl (C=O) groups excluding carboxylic acids is 1. The maximum Gasteiger partial charge on any atom is 0.335 e. The first-order chi connectivity index (χ1) is 13.7. The Morgan fingerprint density at radius 3 is 2.18 bits per heavy atom. The van der Waals surface area contributed by atoms with Crippen molar-refractivity contribution in [1.82, 2.24) is 0 Å². The van der Waals surface area contributed by atoms with Gasteiger partial charge in [0.1, 0.15) is 5.75 Å². The Hall–Kier alpha value is -2.65. The Kier molecular flexibility index (Phi) is 7.21. The van der Waals surface area contributed by atoms with Crippen molar-refractivity contribution in [3.05, 3.63) is 77.7 Å². The first-order valence-electron chi connectivity index (χ1n) is 9.83. The number of hydrogen-bond donors (Lipinski definition) is 0. The third kappa shape index (κ3) is 5.43. The summed E-state index contributed by atoms with van der Waals surface area (Å²) in [6.07, 6.45) is 8.09. The van der Waals surface area contributed by atoms with Gasteiger partial charge in [-0.1, -0.05) is 62.2 Å². The van der Waals surface area contributed by atoms with E-state index < -0.39 is 0 Å². The van der Waals surface area contributed by atoms with E-state index in [-0.39, 0.29) is 5.97 Å². The number of thiophene rings is 1. The minimum atomic E-state index is -0.357. The predicted octanol–water partition coefficient (Wildman–Crippen LogP) is 7.30. The lowest BCUT2D eigenvalue weighted by Gasteiger charge is -2.06. The van der Waals surface area contributed by atoms with E-state index >= 15 is 0 Å². The Labute approximate surface area is 171 Å². The average molecular weight is 391 g/mol. The maximum absolute atomic E-state index is 11.5. The lowest BCUT2D eigenvalue weighted by molar-refractivity contribution is -0.129. The Morgan fingerprint density at radius 1 is 0.893 bits per heavy atom. The molecule has 0 bridgehead atoms. The van der Waals surface area contributed by atoms with Crippen LogP contribution in [0.25, 0.3) is 21.6 Å². The van der Waals surface area contributed by atoms with Crippen molar-refractivity contribution in [2.45, 2.75) is 39.5 Å². The van der Waals surface area contributed by atoms with E-state index in [9.17, 15) is 4.79 Å².